The lowest BCUT2D eigenvalue weighted by atomic mass is 9.87. The Hall–Kier alpha value is -1.23. The third-order valence-corrected chi connectivity index (χ3v) is 4.52. The molecule has 0 saturated carbocycles. The molecule has 1 atom stereocenters. The van der Waals surface area contributed by atoms with Crippen molar-refractivity contribution in [2.75, 3.05) is 13.1 Å². The van der Waals surface area contributed by atoms with Gasteiger partial charge < -0.3 is 15.5 Å². The first-order valence-corrected chi connectivity index (χ1v) is 7.46. The van der Waals surface area contributed by atoms with Gasteiger partial charge in [0, 0.05) is 12.5 Å². The molecule has 0 saturated heterocycles. The van der Waals surface area contributed by atoms with Gasteiger partial charge >= 0.3 is 0 Å². The summed E-state index contributed by atoms with van der Waals surface area (Å²) in [5, 5.41) is 23.4. The van der Waals surface area contributed by atoms with Gasteiger partial charge in [0.2, 0.25) is 0 Å². The summed E-state index contributed by atoms with van der Waals surface area (Å²) in [5.74, 6) is -0.259. The number of fused-ring (bicyclic) bond motifs is 1. The molecular weight excluding hydrogens is 366 g/mol. The number of phenols is 2. The predicted octanol–water partition coefficient (Wildman–Crippen LogP) is 3.92. The summed E-state index contributed by atoms with van der Waals surface area (Å²) in [6, 6.07) is 10.0. The third-order valence-electron chi connectivity index (χ3n) is 4.11. The molecule has 3 nitrogen and oxygen atoms in total. The Morgan fingerprint density at radius 3 is 2.55 bits per heavy atom. The normalized spacial score (nSPS) is 17.3. The van der Waals surface area contributed by atoms with Crippen molar-refractivity contribution in [1.29, 1.82) is 0 Å². The summed E-state index contributed by atoms with van der Waals surface area (Å²) in [6.07, 6.45) is 0.740. The van der Waals surface area contributed by atoms with E-state index in [0.29, 0.717) is 0 Å². The maximum Gasteiger partial charge on any atom is 0.176 e. The van der Waals surface area contributed by atoms with Gasteiger partial charge in [-0.2, -0.15) is 0 Å². The number of hydrogen-bond donors (Lipinski definition) is 3. The van der Waals surface area contributed by atoms with E-state index in [1.165, 1.54) is 11.1 Å². The van der Waals surface area contributed by atoms with Gasteiger partial charge in [-0.05, 0) is 42.6 Å². The number of nitrogens with one attached hydrogen (secondary N) is 1. The van der Waals surface area contributed by atoms with Crippen LogP contribution in [0.1, 0.15) is 28.2 Å². The molecule has 22 heavy (non-hydrogen) atoms. The molecule has 0 unspecified atom stereocenters. The van der Waals surface area contributed by atoms with Gasteiger partial charge in [0.15, 0.2) is 11.5 Å². The molecule has 0 aromatic heterocycles. The van der Waals surface area contributed by atoms with Crippen LogP contribution < -0.4 is 5.32 Å². The van der Waals surface area contributed by atoms with Crippen LogP contribution in [-0.2, 0) is 6.42 Å². The first-order chi connectivity index (χ1) is 10.1. The quantitative estimate of drug-likeness (QED) is 0.653. The van der Waals surface area contributed by atoms with E-state index in [1.807, 2.05) is 0 Å². The predicted molar refractivity (Wildman–Crippen MR) is 94.7 cm³/mol. The van der Waals surface area contributed by atoms with E-state index >= 15 is 0 Å². The van der Waals surface area contributed by atoms with Crippen molar-refractivity contribution in [2.24, 2.45) is 0 Å². The van der Waals surface area contributed by atoms with Crippen molar-refractivity contribution in [2.45, 2.75) is 19.3 Å². The molecule has 0 fully saturated rings. The maximum atomic E-state index is 9.90. The molecule has 118 valence electrons. The highest BCUT2D eigenvalue weighted by Crippen LogP contribution is 2.42. The van der Waals surface area contributed by atoms with Crippen molar-refractivity contribution in [3.8, 4) is 11.5 Å². The molecular formula is C17H19BrClNO2. The lowest BCUT2D eigenvalue weighted by molar-refractivity contribution is 0.402. The molecule has 5 heteroatoms. The molecule has 2 aromatic carbocycles. The number of aryl methyl sites for hydroxylation is 1. The van der Waals surface area contributed by atoms with Gasteiger partial charge in [0.05, 0.1) is 5.02 Å². The summed E-state index contributed by atoms with van der Waals surface area (Å²) in [7, 11) is 0. The Kier molecular flexibility index (Phi) is 5.37. The molecule has 3 rings (SSSR count). The van der Waals surface area contributed by atoms with Crippen LogP contribution in [0.3, 0.4) is 0 Å². The highest BCUT2D eigenvalue weighted by Gasteiger charge is 2.25. The highest BCUT2D eigenvalue weighted by atomic mass is 79.9. The zero-order chi connectivity index (χ0) is 15.0. The minimum absolute atomic E-state index is 0. The Labute approximate surface area is 145 Å². The van der Waals surface area contributed by atoms with Crippen LogP contribution >= 0.6 is 28.6 Å². The standard InChI is InChI=1S/C17H18ClNO2.BrH/c1-10-2-4-11(5-3-10)14-9-19-7-6-12-13(14)8-15(20)17(21)16(12)18;/h2-5,8,14,19-21H,6-7,9H2,1H3;1H/t14-;/m1./s1. The van der Waals surface area contributed by atoms with E-state index in [-0.39, 0.29) is 39.4 Å². The van der Waals surface area contributed by atoms with Crippen molar-refractivity contribution in [3.63, 3.8) is 0 Å². The van der Waals surface area contributed by atoms with Crippen LogP contribution in [-0.4, -0.2) is 23.3 Å². The van der Waals surface area contributed by atoms with E-state index < -0.39 is 0 Å². The number of benzene rings is 2. The van der Waals surface area contributed by atoms with Crippen molar-refractivity contribution in [1.82, 2.24) is 5.32 Å². The zero-order valence-electron chi connectivity index (χ0n) is 12.3. The lowest BCUT2D eigenvalue weighted by Gasteiger charge is -2.20. The van der Waals surface area contributed by atoms with Gasteiger partial charge in [0.1, 0.15) is 0 Å². The first-order valence-electron chi connectivity index (χ1n) is 7.08. The molecule has 0 bridgehead atoms. The molecule has 0 amide bonds. The first kappa shape index (κ1) is 17.1. The van der Waals surface area contributed by atoms with Gasteiger partial charge in [-0.15, -0.1) is 17.0 Å². The number of phenolic OH excluding ortho intramolecular Hbond substituents is 2. The average Bonchev–Trinajstić information content (AvgIpc) is 2.68. The fourth-order valence-corrected chi connectivity index (χ4v) is 3.22. The zero-order valence-corrected chi connectivity index (χ0v) is 14.7. The van der Waals surface area contributed by atoms with E-state index in [1.54, 1.807) is 6.07 Å². The number of aromatic hydroxyl groups is 2. The molecule has 0 aliphatic carbocycles. The summed E-state index contributed by atoms with van der Waals surface area (Å²) in [4.78, 5) is 0. The van der Waals surface area contributed by atoms with Crippen molar-refractivity contribution in [3.05, 3.63) is 57.6 Å². The SMILES string of the molecule is Br.Cc1ccc([C@H]2CNCCc3c2cc(O)c(O)c3Cl)cc1. The second-order valence-electron chi connectivity index (χ2n) is 5.54. The van der Waals surface area contributed by atoms with E-state index in [9.17, 15) is 10.2 Å². The fourth-order valence-electron chi connectivity index (χ4n) is 2.92. The Morgan fingerprint density at radius 2 is 1.86 bits per heavy atom. The second-order valence-corrected chi connectivity index (χ2v) is 5.92. The van der Waals surface area contributed by atoms with Crippen molar-refractivity contribution >= 4 is 28.6 Å². The molecule has 0 spiro atoms. The highest BCUT2D eigenvalue weighted by molar-refractivity contribution is 8.93. The second kappa shape index (κ2) is 6.90. The molecule has 1 aliphatic rings. The minimum atomic E-state index is -0.222. The molecule has 2 aromatic rings. The van der Waals surface area contributed by atoms with Crippen LogP contribution in [0.2, 0.25) is 5.02 Å². The minimum Gasteiger partial charge on any atom is -0.504 e. The number of halogens is 2. The molecule has 1 heterocycles. The van der Waals surface area contributed by atoms with Gasteiger partial charge in [-0.25, -0.2) is 0 Å². The number of hydrogen-bond acceptors (Lipinski definition) is 3. The summed E-state index contributed by atoms with van der Waals surface area (Å²) < 4.78 is 0. The third kappa shape index (κ3) is 3.09. The monoisotopic (exact) mass is 383 g/mol. The van der Waals surface area contributed by atoms with Gasteiger partial charge in [-0.1, -0.05) is 41.4 Å². The van der Waals surface area contributed by atoms with E-state index in [4.69, 9.17) is 11.6 Å². The molecule has 3 N–H and O–H groups in total. The summed E-state index contributed by atoms with van der Waals surface area (Å²) in [5.41, 5.74) is 4.30. The van der Waals surface area contributed by atoms with E-state index in [0.717, 1.165) is 30.6 Å². The number of rotatable bonds is 1. The van der Waals surface area contributed by atoms with Crippen LogP contribution in [0.25, 0.3) is 0 Å². The van der Waals surface area contributed by atoms with Crippen LogP contribution in [0.15, 0.2) is 30.3 Å². The fraction of sp³-hybridized carbons (Fsp3) is 0.294. The van der Waals surface area contributed by atoms with E-state index in [2.05, 4.69) is 36.5 Å². The smallest absolute Gasteiger partial charge is 0.176 e. The Balaban J connectivity index is 0.00000176. The Bertz CT molecular complexity index is 673. The average molecular weight is 385 g/mol. The van der Waals surface area contributed by atoms with Crippen molar-refractivity contribution < 1.29 is 10.2 Å². The van der Waals surface area contributed by atoms with Gasteiger partial charge in [-0.3, -0.25) is 0 Å². The Morgan fingerprint density at radius 1 is 1.18 bits per heavy atom. The summed E-state index contributed by atoms with van der Waals surface area (Å²) >= 11 is 6.23. The molecule has 0 radical (unpaired) electrons. The topological polar surface area (TPSA) is 52.5 Å². The molecule has 1 aliphatic heterocycles. The lowest BCUT2D eigenvalue weighted by Crippen LogP contribution is -2.20. The van der Waals surface area contributed by atoms with Crippen LogP contribution in [0.4, 0.5) is 0 Å². The van der Waals surface area contributed by atoms with Crippen LogP contribution in [0, 0.1) is 6.92 Å². The van der Waals surface area contributed by atoms with Gasteiger partial charge in [0.25, 0.3) is 0 Å². The largest absolute Gasteiger partial charge is 0.504 e. The van der Waals surface area contributed by atoms with Crippen LogP contribution in [0.5, 0.6) is 11.5 Å². The maximum absolute atomic E-state index is 9.90. The summed E-state index contributed by atoms with van der Waals surface area (Å²) in [6.45, 7) is 3.65.